The minimum atomic E-state index is -0.507. The van der Waals surface area contributed by atoms with Gasteiger partial charge in [0, 0.05) is 12.3 Å². The van der Waals surface area contributed by atoms with Gasteiger partial charge in [0.05, 0.1) is 12.2 Å². The third-order valence-corrected chi connectivity index (χ3v) is 4.91. The van der Waals surface area contributed by atoms with Gasteiger partial charge in [0.2, 0.25) is 0 Å². The van der Waals surface area contributed by atoms with E-state index in [1.54, 1.807) is 0 Å². The summed E-state index contributed by atoms with van der Waals surface area (Å²) in [4.78, 5) is 0. The smallest absolute Gasteiger partial charge is 0.0636 e. The van der Waals surface area contributed by atoms with E-state index in [2.05, 4.69) is 44.4 Å². The Morgan fingerprint density at radius 3 is 2.65 bits per heavy atom. The highest BCUT2D eigenvalue weighted by Crippen LogP contribution is 2.38. The van der Waals surface area contributed by atoms with Crippen LogP contribution in [0.1, 0.15) is 59.3 Å². The van der Waals surface area contributed by atoms with Crippen LogP contribution in [0.25, 0.3) is 0 Å². The van der Waals surface area contributed by atoms with Crippen molar-refractivity contribution in [3.63, 3.8) is 0 Å². The first-order chi connectivity index (χ1) is 11.0. The minimum Gasteiger partial charge on any atom is -0.393 e. The summed E-state index contributed by atoms with van der Waals surface area (Å²) in [7, 11) is 0. The Morgan fingerprint density at radius 2 is 2.04 bits per heavy atom. The van der Waals surface area contributed by atoms with Gasteiger partial charge in [-0.25, -0.2) is 0 Å². The van der Waals surface area contributed by atoms with Crippen LogP contribution in [0.5, 0.6) is 0 Å². The van der Waals surface area contributed by atoms with E-state index in [0.717, 1.165) is 32.1 Å². The van der Waals surface area contributed by atoms with Crippen LogP contribution < -0.4 is 0 Å². The van der Waals surface area contributed by atoms with Crippen molar-refractivity contribution in [3.05, 3.63) is 24.8 Å². The third-order valence-electron chi connectivity index (χ3n) is 4.91. The van der Waals surface area contributed by atoms with E-state index in [1.807, 2.05) is 13.0 Å². The van der Waals surface area contributed by atoms with E-state index in [-0.39, 0.29) is 11.8 Å². The maximum absolute atomic E-state index is 11.0. The quantitative estimate of drug-likeness (QED) is 0.516. The Kier molecular flexibility index (Phi) is 9.29. The minimum absolute atomic E-state index is 0.0575. The maximum atomic E-state index is 11.0. The van der Waals surface area contributed by atoms with Gasteiger partial charge in [-0.2, -0.15) is 0 Å². The molecule has 1 rings (SSSR count). The molecule has 1 aliphatic carbocycles. The molecule has 0 amide bonds. The largest absolute Gasteiger partial charge is 0.393 e. The highest BCUT2D eigenvalue weighted by atomic mass is 16.3. The molecule has 2 nitrogen and oxygen atoms in total. The van der Waals surface area contributed by atoms with Crippen LogP contribution in [0.3, 0.4) is 0 Å². The lowest BCUT2D eigenvalue weighted by Gasteiger charge is -2.40. The molecule has 5 atom stereocenters. The van der Waals surface area contributed by atoms with Gasteiger partial charge in [0.25, 0.3) is 0 Å². The zero-order valence-corrected chi connectivity index (χ0v) is 15.0. The Hall–Kier alpha value is -1.04. The molecule has 2 N–H and O–H groups in total. The lowest BCUT2D eigenvalue weighted by molar-refractivity contribution is -0.0654. The molecule has 23 heavy (non-hydrogen) atoms. The Labute approximate surface area is 142 Å². The second-order valence-corrected chi connectivity index (χ2v) is 7.15. The normalized spacial score (nSPS) is 27.5. The van der Waals surface area contributed by atoms with E-state index in [4.69, 9.17) is 0 Å². The lowest BCUT2D eigenvalue weighted by atomic mass is 9.69. The molecule has 0 bridgehead atoms. The van der Waals surface area contributed by atoms with Gasteiger partial charge in [-0.05, 0) is 50.4 Å². The second kappa shape index (κ2) is 10.7. The molecule has 1 fully saturated rings. The summed E-state index contributed by atoms with van der Waals surface area (Å²) in [5, 5.41) is 21.5. The van der Waals surface area contributed by atoms with Crippen molar-refractivity contribution in [2.45, 2.75) is 71.5 Å². The fraction of sp³-hybridized carbons (Fsp3) is 0.714. The molecule has 1 aliphatic rings. The first-order valence-electron chi connectivity index (χ1n) is 9.04. The zero-order valence-electron chi connectivity index (χ0n) is 15.0. The Bertz CT molecular complexity index is 427. The second-order valence-electron chi connectivity index (χ2n) is 7.15. The molecule has 0 spiro atoms. The monoisotopic (exact) mass is 318 g/mol. The van der Waals surface area contributed by atoms with E-state index >= 15 is 0 Å². The highest BCUT2D eigenvalue weighted by Gasteiger charge is 2.39. The van der Waals surface area contributed by atoms with Gasteiger partial charge in [-0.3, -0.25) is 0 Å². The summed E-state index contributed by atoms with van der Waals surface area (Å²) in [5.74, 6) is 6.93. The molecule has 0 radical (unpaired) electrons. The average Bonchev–Trinajstić information content (AvgIpc) is 2.50. The first-order valence-corrected chi connectivity index (χ1v) is 9.04. The van der Waals surface area contributed by atoms with Crippen LogP contribution in [0.15, 0.2) is 24.8 Å². The predicted octanol–water partition coefficient (Wildman–Crippen LogP) is 4.33. The van der Waals surface area contributed by atoms with E-state index in [1.165, 1.54) is 0 Å². The van der Waals surface area contributed by atoms with Crippen LogP contribution in [-0.4, -0.2) is 22.4 Å². The van der Waals surface area contributed by atoms with Gasteiger partial charge in [0.15, 0.2) is 0 Å². The lowest BCUT2D eigenvalue weighted by Crippen LogP contribution is -2.44. The van der Waals surface area contributed by atoms with Crippen LogP contribution in [0.2, 0.25) is 0 Å². The Balaban J connectivity index is 2.86. The van der Waals surface area contributed by atoms with Crippen LogP contribution in [0, 0.1) is 35.5 Å². The van der Waals surface area contributed by atoms with E-state index in [0.29, 0.717) is 18.3 Å². The van der Waals surface area contributed by atoms with Crippen molar-refractivity contribution >= 4 is 0 Å². The van der Waals surface area contributed by atoms with Gasteiger partial charge < -0.3 is 10.2 Å². The molecular weight excluding hydrogens is 284 g/mol. The molecule has 0 saturated heterocycles. The molecule has 0 aromatic heterocycles. The van der Waals surface area contributed by atoms with Crippen molar-refractivity contribution < 1.29 is 10.2 Å². The van der Waals surface area contributed by atoms with Gasteiger partial charge in [-0.15, -0.1) is 18.4 Å². The topological polar surface area (TPSA) is 40.5 Å². The average molecular weight is 319 g/mol. The number of aliphatic hydroxyl groups is 2. The van der Waals surface area contributed by atoms with Crippen molar-refractivity contribution in [1.82, 2.24) is 0 Å². The van der Waals surface area contributed by atoms with Crippen molar-refractivity contribution in [1.29, 1.82) is 0 Å². The third kappa shape index (κ3) is 6.53. The highest BCUT2D eigenvalue weighted by molar-refractivity contribution is 5.02. The molecular formula is C21H34O2. The summed E-state index contributed by atoms with van der Waals surface area (Å²) < 4.78 is 0. The van der Waals surface area contributed by atoms with Gasteiger partial charge in [-0.1, -0.05) is 38.5 Å². The number of aliphatic hydroxyl groups excluding tert-OH is 2. The molecule has 0 heterocycles. The molecule has 0 aromatic rings. The SMILES string of the molecule is C=CCC1CCCC(O)C1C(O)C(CC#CC)C/C=C/C(C)C. The summed E-state index contributed by atoms with van der Waals surface area (Å²) in [6.45, 7) is 9.98. The van der Waals surface area contributed by atoms with Crippen molar-refractivity contribution in [3.8, 4) is 11.8 Å². The van der Waals surface area contributed by atoms with E-state index in [9.17, 15) is 10.2 Å². The molecule has 5 unspecified atom stereocenters. The van der Waals surface area contributed by atoms with Crippen molar-refractivity contribution in [2.24, 2.45) is 23.7 Å². The maximum Gasteiger partial charge on any atom is 0.0636 e. The summed E-state index contributed by atoms with van der Waals surface area (Å²) in [6.07, 6.45) is 10.6. The molecule has 2 heteroatoms. The Morgan fingerprint density at radius 1 is 1.30 bits per heavy atom. The zero-order chi connectivity index (χ0) is 17.2. The molecule has 130 valence electrons. The predicted molar refractivity (Wildman–Crippen MR) is 97.8 cm³/mol. The summed E-state index contributed by atoms with van der Waals surface area (Å²) in [5.41, 5.74) is 0. The van der Waals surface area contributed by atoms with Crippen LogP contribution in [0.4, 0.5) is 0 Å². The number of allylic oxidation sites excluding steroid dienone is 3. The van der Waals surface area contributed by atoms with E-state index < -0.39 is 12.2 Å². The van der Waals surface area contributed by atoms with Crippen LogP contribution in [-0.2, 0) is 0 Å². The number of rotatable bonds is 8. The fourth-order valence-corrected chi connectivity index (χ4v) is 3.70. The van der Waals surface area contributed by atoms with Crippen LogP contribution >= 0.6 is 0 Å². The molecule has 0 aromatic carbocycles. The first kappa shape index (κ1) is 20.0. The number of hydrogen-bond donors (Lipinski definition) is 2. The molecule has 1 saturated carbocycles. The molecule has 0 aliphatic heterocycles. The summed E-state index contributed by atoms with van der Waals surface area (Å²) >= 11 is 0. The fourth-order valence-electron chi connectivity index (χ4n) is 3.70. The standard InChI is InChI=1S/C21H34O2/c1-5-7-12-18(14-8-11-16(3)4)21(23)20-17(10-6-2)13-9-15-19(20)22/h6,8,11,16-23H,2,9-10,12-15H2,1,3-4H3/b11-8+. The van der Waals surface area contributed by atoms with Crippen molar-refractivity contribution in [2.75, 3.05) is 0 Å². The summed E-state index contributed by atoms with van der Waals surface area (Å²) in [6, 6.07) is 0. The van der Waals surface area contributed by atoms with Gasteiger partial charge in [0.1, 0.15) is 0 Å². The number of hydrogen-bond acceptors (Lipinski definition) is 2. The van der Waals surface area contributed by atoms with Gasteiger partial charge >= 0.3 is 0 Å².